The number of aryl methyl sites for hydroxylation is 1. The van der Waals surface area contributed by atoms with E-state index < -0.39 is 0 Å². The Hall–Kier alpha value is -2.63. The molecule has 1 aromatic heterocycles. The van der Waals surface area contributed by atoms with Crippen molar-refractivity contribution in [2.24, 2.45) is 10.2 Å². The molecule has 0 atom stereocenters. The van der Waals surface area contributed by atoms with Gasteiger partial charge in [-0.1, -0.05) is 42.3 Å². The summed E-state index contributed by atoms with van der Waals surface area (Å²) in [5.41, 5.74) is 18.3. The quantitative estimate of drug-likeness (QED) is 0.114. The van der Waals surface area contributed by atoms with Crippen molar-refractivity contribution in [3.05, 3.63) is 44.4 Å². The van der Waals surface area contributed by atoms with E-state index in [4.69, 9.17) is 15.8 Å². The van der Waals surface area contributed by atoms with E-state index in [1.165, 1.54) is 12.8 Å². The minimum atomic E-state index is -0.298. The number of methoxy groups -OCH3 is 1. The van der Waals surface area contributed by atoms with Gasteiger partial charge >= 0.3 is 5.97 Å². The molecular formula is C19H31N7O2. The molecule has 1 aromatic rings. The number of azide groups is 2. The number of hydrogen-bond acceptors (Lipinski definition) is 4. The average molecular weight is 390 g/mol. The van der Waals surface area contributed by atoms with Gasteiger partial charge < -0.3 is 9.30 Å². The Kier molecular flexibility index (Phi) is 12.9. The van der Waals surface area contributed by atoms with Crippen LogP contribution < -0.4 is 0 Å². The summed E-state index contributed by atoms with van der Waals surface area (Å²) in [4.78, 5) is 17.5. The molecule has 0 fully saturated rings. The van der Waals surface area contributed by atoms with Gasteiger partial charge in [0.15, 0.2) is 0 Å². The Morgan fingerprint density at radius 3 is 2.11 bits per heavy atom. The highest BCUT2D eigenvalue weighted by Gasteiger charge is 2.15. The number of rotatable bonds is 16. The topological polar surface area (TPSA) is 129 Å². The standard InChI is InChI=1S/C19H31N7O2/c1-28-19(27)18-13-12-17(11-7-3-2-4-8-14-22-24-20)26(18)16-10-6-5-9-15-23-25-21/h12-13H,2-11,14-16H2,1H3. The summed E-state index contributed by atoms with van der Waals surface area (Å²) >= 11 is 0. The van der Waals surface area contributed by atoms with E-state index in [0.29, 0.717) is 18.8 Å². The summed E-state index contributed by atoms with van der Waals surface area (Å²) in [6.07, 6.45) is 10.2. The molecule has 0 radical (unpaired) electrons. The second kappa shape index (κ2) is 15.4. The van der Waals surface area contributed by atoms with Crippen LogP contribution in [-0.4, -0.2) is 30.7 Å². The molecule has 0 N–H and O–H groups in total. The van der Waals surface area contributed by atoms with Crippen molar-refractivity contribution in [2.75, 3.05) is 20.2 Å². The smallest absolute Gasteiger partial charge is 0.354 e. The molecule has 1 rings (SSSR count). The molecule has 28 heavy (non-hydrogen) atoms. The number of aromatic nitrogens is 1. The lowest BCUT2D eigenvalue weighted by atomic mass is 10.1. The van der Waals surface area contributed by atoms with Gasteiger partial charge in [0.2, 0.25) is 0 Å². The first-order valence-electron chi connectivity index (χ1n) is 10.0. The first-order valence-corrected chi connectivity index (χ1v) is 10.0. The molecule has 0 aliphatic rings. The van der Waals surface area contributed by atoms with Crippen molar-refractivity contribution in [3.8, 4) is 0 Å². The molecule has 0 saturated carbocycles. The Labute approximate surface area is 166 Å². The molecule has 0 bridgehead atoms. The molecular weight excluding hydrogens is 358 g/mol. The van der Waals surface area contributed by atoms with Crippen molar-refractivity contribution < 1.29 is 9.53 Å². The van der Waals surface area contributed by atoms with Gasteiger partial charge in [-0.25, -0.2) is 4.79 Å². The van der Waals surface area contributed by atoms with Gasteiger partial charge in [0.1, 0.15) is 5.69 Å². The maximum Gasteiger partial charge on any atom is 0.354 e. The molecule has 9 heteroatoms. The summed E-state index contributed by atoms with van der Waals surface area (Å²) < 4.78 is 7.00. The van der Waals surface area contributed by atoms with Crippen LogP contribution in [0.5, 0.6) is 0 Å². The van der Waals surface area contributed by atoms with Gasteiger partial charge in [-0.2, -0.15) is 0 Å². The number of carbonyl (C=O) groups excluding carboxylic acids is 1. The number of unbranched alkanes of at least 4 members (excludes halogenated alkanes) is 7. The molecule has 0 aliphatic carbocycles. The van der Waals surface area contributed by atoms with Crippen LogP contribution in [0.2, 0.25) is 0 Å². The third-order valence-electron chi connectivity index (χ3n) is 4.67. The molecule has 0 aliphatic heterocycles. The number of ether oxygens (including phenoxy) is 1. The van der Waals surface area contributed by atoms with E-state index in [-0.39, 0.29) is 5.97 Å². The SMILES string of the molecule is COC(=O)c1ccc(CCCCCCCN=[N+]=[N-])n1CCCCCCN=[N+]=[N-]. The number of hydrogen-bond donors (Lipinski definition) is 0. The fourth-order valence-corrected chi connectivity index (χ4v) is 3.19. The van der Waals surface area contributed by atoms with Crippen LogP contribution in [0.1, 0.15) is 74.0 Å². The van der Waals surface area contributed by atoms with Gasteiger partial charge in [-0.05, 0) is 55.3 Å². The normalized spacial score (nSPS) is 10.2. The molecule has 0 spiro atoms. The van der Waals surface area contributed by atoms with E-state index >= 15 is 0 Å². The van der Waals surface area contributed by atoms with Crippen LogP contribution in [0.15, 0.2) is 22.4 Å². The summed E-state index contributed by atoms with van der Waals surface area (Å²) in [5, 5.41) is 7.09. The predicted octanol–water partition coefficient (Wildman–Crippen LogP) is 5.95. The summed E-state index contributed by atoms with van der Waals surface area (Å²) in [6, 6.07) is 3.87. The van der Waals surface area contributed by atoms with E-state index in [1.54, 1.807) is 0 Å². The number of nitrogens with zero attached hydrogens (tertiary/aromatic N) is 7. The van der Waals surface area contributed by atoms with E-state index in [9.17, 15) is 4.79 Å². The first-order chi connectivity index (χ1) is 13.7. The zero-order chi connectivity index (χ0) is 20.5. The van der Waals surface area contributed by atoms with Crippen LogP contribution in [0, 0.1) is 0 Å². The lowest BCUT2D eigenvalue weighted by molar-refractivity contribution is 0.0587. The third kappa shape index (κ3) is 9.35. The second-order valence-electron chi connectivity index (χ2n) is 6.69. The molecule has 0 unspecified atom stereocenters. The maximum atomic E-state index is 12.0. The zero-order valence-electron chi connectivity index (χ0n) is 16.8. The fourth-order valence-electron chi connectivity index (χ4n) is 3.19. The molecule has 1 heterocycles. The largest absolute Gasteiger partial charge is 0.464 e. The van der Waals surface area contributed by atoms with Crippen molar-refractivity contribution in [1.29, 1.82) is 0 Å². The first kappa shape index (κ1) is 23.4. The lowest BCUT2D eigenvalue weighted by Gasteiger charge is -2.12. The zero-order valence-corrected chi connectivity index (χ0v) is 16.8. The summed E-state index contributed by atoms with van der Waals surface area (Å²) in [6.45, 7) is 1.91. The van der Waals surface area contributed by atoms with E-state index in [2.05, 4.69) is 24.6 Å². The highest BCUT2D eigenvalue weighted by Crippen LogP contribution is 2.17. The number of carbonyl (C=O) groups is 1. The van der Waals surface area contributed by atoms with Crippen LogP contribution in [0.4, 0.5) is 0 Å². The van der Waals surface area contributed by atoms with Crippen LogP contribution >= 0.6 is 0 Å². The molecule has 0 aromatic carbocycles. The van der Waals surface area contributed by atoms with Gasteiger partial charge in [0.25, 0.3) is 0 Å². The highest BCUT2D eigenvalue weighted by molar-refractivity contribution is 5.87. The molecule has 9 nitrogen and oxygen atoms in total. The van der Waals surface area contributed by atoms with Crippen molar-refractivity contribution >= 4 is 5.97 Å². The molecule has 0 amide bonds. The minimum Gasteiger partial charge on any atom is -0.464 e. The third-order valence-corrected chi connectivity index (χ3v) is 4.67. The molecule has 154 valence electrons. The van der Waals surface area contributed by atoms with Crippen LogP contribution in [0.3, 0.4) is 0 Å². The van der Waals surface area contributed by atoms with Crippen molar-refractivity contribution in [2.45, 2.75) is 70.8 Å². The van der Waals surface area contributed by atoms with E-state index in [0.717, 1.165) is 70.8 Å². The monoisotopic (exact) mass is 389 g/mol. The summed E-state index contributed by atoms with van der Waals surface area (Å²) in [5.74, 6) is -0.298. The predicted molar refractivity (Wildman–Crippen MR) is 109 cm³/mol. The Morgan fingerprint density at radius 2 is 1.50 bits per heavy atom. The van der Waals surface area contributed by atoms with Crippen molar-refractivity contribution in [3.63, 3.8) is 0 Å². The van der Waals surface area contributed by atoms with Gasteiger partial charge in [-0.15, -0.1) is 0 Å². The lowest BCUT2D eigenvalue weighted by Crippen LogP contribution is -2.13. The minimum absolute atomic E-state index is 0.298. The van der Waals surface area contributed by atoms with E-state index in [1.807, 2.05) is 12.1 Å². The average Bonchev–Trinajstić information content (AvgIpc) is 3.11. The van der Waals surface area contributed by atoms with Crippen molar-refractivity contribution in [1.82, 2.24) is 4.57 Å². The fraction of sp³-hybridized carbons (Fsp3) is 0.737. The van der Waals surface area contributed by atoms with Gasteiger partial charge in [0, 0.05) is 35.2 Å². The number of esters is 1. The Balaban J connectivity index is 2.44. The highest BCUT2D eigenvalue weighted by atomic mass is 16.5. The van der Waals surface area contributed by atoms with Gasteiger partial charge in [-0.3, -0.25) is 0 Å². The maximum absolute atomic E-state index is 12.0. The molecule has 0 saturated heterocycles. The van der Waals surface area contributed by atoms with Gasteiger partial charge in [0.05, 0.1) is 7.11 Å². The van der Waals surface area contributed by atoms with Crippen LogP contribution in [0.25, 0.3) is 20.9 Å². The summed E-state index contributed by atoms with van der Waals surface area (Å²) in [7, 11) is 1.41. The Bertz CT molecular complexity index is 674. The Morgan fingerprint density at radius 1 is 0.929 bits per heavy atom. The van der Waals surface area contributed by atoms with Crippen LogP contribution in [-0.2, 0) is 17.7 Å². The second-order valence-corrected chi connectivity index (χ2v) is 6.69.